The topological polar surface area (TPSA) is 75.7 Å². The fourth-order valence-corrected chi connectivity index (χ4v) is 4.93. The summed E-state index contributed by atoms with van der Waals surface area (Å²) in [6.45, 7) is 0.366. The maximum Gasteiger partial charge on any atom is 0.273 e. The average Bonchev–Trinajstić information content (AvgIpc) is 3.27. The van der Waals surface area contributed by atoms with Gasteiger partial charge in [0.25, 0.3) is 15.9 Å². The van der Waals surface area contributed by atoms with Gasteiger partial charge in [-0.1, -0.05) is 18.2 Å². The van der Waals surface area contributed by atoms with Crippen LogP contribution in [0.15, 0.2) is 70.3 Å². The second-order valence-corrected chi connectivity index (χ2v) is 9.13. The van der Waals surface area contributed by atoms with Crippen molar-refractivity contribution in [3.8, 4) is 5.75 Å². The first-order valence-corrected chi connectivity index (χ1v) is 10.8. The van der Waals surface area contributed by atoms with E-state index in [-0.39, 0.29) is 10.1 Å². The fraction of sp³-hybridized carbons (Fsp3) is 0.150. The van der Waals surface area contributed by atoms with Crippen LogP contribution in [0.2, 0.25) is 0 Å². The number of thiophene rings is 1. The van der Waals surface area contributed by atoms with Crippen LogP contribution in [-0.4, -0.2) is 28.5 Å². The number of amides is 1. The normalized spacial score (nSPS) is 11.1. The second-order valence-electron chi connectivity index (χ2n) is 5.99. The molecule has 0 atom stereocenters. The first-order valence-electron chi connectivity index (χ1n) is 8.45. The van der Waals surface area contributed by atoms with Gasteiger partial charge in [0.1, 0.15) is 9.96 Å². The van der Waals surface area contributed by atoms with Gasteiger partial charge in [-0.15, -0.1) is 11.3 Å². The Bertz CT molecular complexity index is 1050. The van der Waals surface area contributed by atoms with E-state index in [1.807, 2.05) is 24.3 Å². The number of benzene rings is 2. The number of anilines is 1. The minimum absolute atomic E-state index is 0.238. The number of carbonyl (C=O) groups is 1. The first kappa shape index (κ1) is 19.9. The molecule has 0 saturated heterocycles. The molecule has 0 saturated carbocycles. The van der Waals surface area contributed by atoms with Crippen molar-refractivity contribution < 1.29 is 17.9 Å². The van der Waals surface area contributed by atoms with Crippen molar-refractivity contribution in [2.24, 2.45) is 0 Å². The molecule has 0 bridgehead atoms. The monoisotopic (exact) mass is 416 g/mol. The number of carbonyl (C=O) groups excluding carboxylic acids is 1. The molecule has 1 N–H and O–H groups in total. The summed E-state index contributed by atoms with van der Waals surface area (Å²) < 4.78 is 31.8. The Labute approximate surface area is 168 Å². The molecule has 0 aliphatic heterocycles. The number of sulfonamides is 1. The molecule has 1 amide bonds. The van der Waals surface area contributed by atoms with Gasteiger partial charge in [0.2, 0.25) is 0 Å². The van der Waals surface area contributed by atoms with Crippen molar-refractivity contribution in [1.29, 1.82) is 0 Å². The number of nitrogens with one attached hydrogen (secondary N) is 1. The van der Waals surface area contributed by atoms with Crippen LogP contribution in [0.4, 0.5) is 5.69 Å². The van der Waals surface area contributed by atoms with E-state index in [0.717, 1.165) is 11.3 Å². The van der Waals surface area contributed by atoms with Crippen LogP contribution in [-0.2, 0) is 16.6 Å². The van der Waals surface area contributed by atoms with E-state index in [4.69, 9.17) is 4.74 Å². The Morgan fingerprint density at radius 2 is 1.86 bits per heavy atom. The average molecular weight is 417 g/mol. The lowest BCUT2D eigenvalue weighted by atomic mass is 10.1. The molecule has 28 heavy (non-hydrogen) atoms. The van der Waals surface area contributed by atoms with E-state index in [1.54, 1.807) is 48.9 Å². The fourth-order valence-electron chi connectivity index (χ4n) is 2.57. The Kier molecular flexibility index (Phi) is 6.01. The minimum atomic E-state index is -3.60. The molecule has 1 aromatic heterocycles. The third kappa shape index (κ3) is 4.35. The molecule has 0 radical (unpaired) electrons. The lowest BCUT2D eigenvalue weighted by Crippen LogP contribution is -2.26. The Morgan fingerprint density at radius 3 is 2.50 bits per heavy atom. The summed E-state index contributed by atoms with van der Waals surface area (Å²) in [5.74, 6) is 0.490. The Morgan fingerprint density at radius 1 is 1.11 bits per heavy atom. The summed E-state index contributed by atoms with van der Waals surface area (Å²) in [6.07, 6.45) is 0. The van der Waals surface area contributed by atoms with Crippen LogP contribution in [0.25, 0.3) is 0 Å². The van der Waals surface area contributed by atoms with Crippen LogP contribution < -0.4 is 14.4 Å². The molecule has 146 valence electrons. The van der Waals surface area contributed by atoms with Gasteiger partial charge in [0, 0.05) is 19.2 Å². The van der Waals surface area contributed by atoms with Gasteiger partial charge in [-0.25, -0.2) is 8.42 Å². The van der Waals surface area contributed by atoms with Crippen molar-refractivity contribution in [3.63, 3.8) is 0 Å². The standard InChI is InChI=1S/C20H20N2O4S2/c1-22(28(24,25)19-7-4-12-27-19)17-10-8-16(9-11-17)20(23)21-14-15-5-3-6-18(13-15)26-2/h3-13H,14H2,1-2H3,(H,21,23). The highest BCUT2D eigenvalue weighted by molar-refractivity contribution is 7.94. The number of nitrogens with zero attached hydrogens (tertiary/aromatic N) is 1. The minimum Gasteiger partial charge on any atom is -0.497 e. The molecule has 6 nitrogen and oxygen atoms in total. The second kappa shape index (κ2) is 8.45. The maximum atomic E-state index is 12.6. The number of hydrogen-bond acceptors (Lipinski definition) is 5. The zero-order valence-corrected chi connectivity index (χ0v) is 17.1. The van der Waals surface area contributed by atoms with E-state index in [0.29, 0.717) is 17.8 Å². The third-order valence-electron chi connectivity index (χ3n) is 4.19. The highest BCUT2D eigenvalue weighted by atomic mass is 32.2. The summed E-state index contributed by atoms with van der Waals surface area (Å²) in [7, 11) is -0.510. The summed E-state index contributed by atoms with van der Waals surface area (Å²) >= 11 is 1.17. The molecule has 1 heterocycles. The first-order chi connectivity index (χ1) is 13.4. The van der Waals surface area contributed by atoms with E-state index < -0.39 is 10.0 Å². The Hall–Kier alpha value is -2.84. The number of rotatable bonds is 7. The highest BCUT2D eigenvalue weighted by Crippen LogP contribution is 2.25. The largest absolute Gasteiger partial charge is 0.497 e. The van der Waals surface area contributed by atoms with Gasteiger partial charge in [-0.05, 0) is 53.4 Å². The number of methoxy groups -OCH3 is 1. The maximum absolute atomic E-state index is 12.6. The van der Waals surface area contributed by atoms with Gasteiger partial charge in [-0.3, -0.25) is 9.10 Å². The molecule has 3 aromatic rings. The highest BCUT2D eigenvalue weighted by Gasteiger charge is 2.22. The van der Waals surface area contributed by atoms with Gasteiger partial charge in [0.15, 0.2) is 0 Å². The summed E-state index contributed by atoms with van der Waals surface area (Å²) in [6, 6.07) is 17.2. The van der Waals surface area contributed by atoms with Gasteiger partial charge >= 0.3 is 0 Å². The van der Waals surface area contributed by atoms with Crippen LogP contribution in [0, 0.1) is 0 Å². The SMILES string of the molecule is COc1cccc(CNC(=O)c2ccc(N(C)S(=O)(=O)c3cccs3)cc2)c1. The van der Waals surface area contributed by atoms with Crippen molar-refractivity contribution >= 4 is 33.0 Å². The quantitative estimate of drug-likeness (QED) is 0.640. The molecule has 8 heteroatoms. The van der Waals surface area contributed by atoms with Crippen LogP contribution >= 0.6 is 11.3 Å². The zero-order valence-electron chi connectivity index (χ0n) is 15.5. The van der Waals surface area contributed by atoms with Crippen LogP contribution in [0.3, 0.4) is 0 Å². The molecule has 0 fully saturated rings. The van der Waals surface area contributed by atoms with Crippen LogP contribution in [0.1, 0.15) is 15.9 Å². The number of hydrogen-bond donors (Lipinski definition) is 1. The van der Waals surface area contributed by atoms with E-state index >= 15 is 0 Å². The third-order valence-corrected chi connectivity index (χ3v) is 7.35. The summed E-state index contributed by atoms with van der Waals surface area (Å²) in [4.78, 5) is 12.4. The molecular formula is C20H20N2O4S2. The van der Waals surface area contributed by atoms with Crippen molar-refractivity contribution in [2.45, 2.75) is 10.8 Å². The predicted molar refractivity (Wildman–Crippen MR) is 111 cm³/mol. The van der Waals surface area contributed by atoms with Gasteiger partial charge < -0.3 is 10.1 Å². The van der Waals surface area contributed by atoms with Crippen molar-refractivity contribution in [3.05, 3.63) is 77.2 Å². The molecular weight excluding hydrogens is 396 g/mol. The molecule has 0 unspecified atom stereocenters. The number of ether oxygens (including phenoxy) is 1. The van der Waals surface area contributed by atoms with Gasteiger partial charge in [0.05, 0.1) is 12.8 Å². The molecule has 0 aliphatic carbocycles. The summed E-state index contributed by atoms with van der Waals surface area (Å²) in [5.41, 5.74) is 1.86. The molecule has 0 aliphatic rings. The molecule has 3 rings (SSSR count). The smallest absolute Gasteiger partial charge is 0.273 e. The lowest BCUT2D eigenvalue weighted by Gasteiger charge is -2.18. The molecule has 2 aromatic carbocycles. The van der Waals surface area contributed by atoms with E-state index in [9.17, 15) is 13.2 Å². The Balaban J connectivity index is 1.67. The predicted octanol–water partition coefficient (Wildman–Crippen LogP) is 3.51. The van der Waals surface area contributed by atoms with Gasteiger partial charge in [-0.2, -0.15) is 0 Å². The van der Waals surface area contributed by atoms with E-state index in [1.165, 1.54) is 22.7 Å². The molecule has 0 spiro atoms. The zero-order chi connectivity index (χ0) is 20.1. The lowest BCUT2D eigenvalue weighted by molar-refractivity contribution is 0.0951. The van der Waals surface area contributed by atoms with Crippen LogP contribution in [0.5, 0.6) is 5.75 Å². The van der Waals surface area contributed by atoms with E-state index in [2.05, 4.69) is 5.32 Å². The van der Waals surface area contributed by atoms with Crippen molar-refractivity contribution in [2.75, 3.05) is 18.5 Å². The summed E-state index contributed by atoms with van der Waals surface area (Å²) in [5, 5.41) is 4.56. The van der Waals surface area contributed by atoms with Crippen molar-refractivity contribution in [1.82, 2.24) is 5.32 Å².